The Morgan fingerprint density at radius 1 is 0.808 bits per heavy atom. The minimum absolute atomic E-state index is 0.849. The number of allylic oxidation sites excluding steroid dienone is 8. The predicted molar refractivity (Wildman–Crippen MR) is 118 cm³/mol. The van der Waals surface area contributed by atoms with Gasteiger partial charge in [-0.2, -0.15) is 0 Å². The molecule has 0 spiro atoms. The van der Waals surface area contributed by atoms with E-state index in [1.54, 1.807) is 0 Å². The summed E-state index contributed by atoms with van der Waals surface area (Å²) < 4.78 is 10.5. The van der Waals surface area contributed by atoms with E-state index in [4.69, 9.17) is 0 Å². The molecule has 0 bridgehead atoms. The fraction of sp³-hybridized carbons (Fsp3) is 0.667. The molecule has 144 valence electrons. The van der Waals surface area contributed by atoms with E-state index in [2.05, 4.69) is 66.4 Å². The second-order valence-electron chi connectivity index (χ2n) is 12.9. The van der Waals surface area contributed by atoms with Crippen LogP contribution in [0.5, 0.6) is 0 Å². The Kier molecular flexibility index (Phi) is 3.84. The molecule has 0 aliphatic heterocycles. The van der Waals surface area contributed by atoms with Gasteiger partial charge in [0.1, 0.15) is 0 Å². The van der Waals surface area contributed by atoms with Gasteiger partial charge in [-0.25, -0.2) is 0 Å². The monoisotopic (exact) mass is 446 g/mol. The van der Waals surface area contributed by atoms with Crippen LogP contribution < -0.4 is 0 Å². The van der Waals surface area contributed by atoms with E-state index in [0.29, 0.717) is 0 Å². The predicted octanol–water partition coefficient (Wildman–Crippen LogP) is 7.44. The van der Waals surface area contributed by atoms with Crippen LogP contribution in [-0.2, 0) is 14.4 Å². The molecule has 4 rings (SSSR count). The van der Waals surface area contributed by atoms with Gasteiger partial charge in [-0.1, -0.05) is 0 Å². The van der Waals surface area contributed by atoms with Crippen LogP contribution in [0.25, 0.3) is 0 Å². The summed E-state index contributed by atoms with van der Waals surface area (Å²) in [5, 5.41) is 0. The maximum absolute atomic E-state index is 4.09. The number of hydrogen-bond acceptors (Lipinski definition) is 0. The van der Waals surface area contributed by atoms with Crippen LogP contribution in [-0.4, -0.2) is 6.88 Å². The van der Waals surface area contributed by atoms with E-state index in [1.807, 2.05) is 11.1 Å². The Balaban J connectivity index is 1.99. The van der Waals surface area contributed by atoms with E-state index in [9.17, 15) is 0 Å². The fourth-order valence-electron chi connectivity index (χ4n) is 8.23. The molecule has 0 heterocycles. The van der Waals surface area contributed by atoms with Crippen molar-refractivity contribution in [1.82, 2.24) is 0 Å². The van der Waals surface area contributed by atoms with Gasteiger partial charge in [0.05, 0.1) is 0 Å². The second-order valence-corrected chi connectivity index (χ2v) is 68.0. The number of rotatable bonds is 4. The third-order valence-corrected chi connectivity index (χ3v) is 58.3. The van der Waals surface area contributed by atoms with Gasteiger partial charge in [0.15, 0.2) is 0 Å². The summed E-state index contributed by atoms with van der Waals surface area (Å²) in [7, 11) is 0. The first-order valence-electron chi connectivity index (χ1n) is 11.4. The Morgan fingerprint density at radius 3 is 1.62 bits per heavy atom. The molecule has 2 saturated carbocycles. The zero-order valence-corrected chi connectivity index (χ0v) is 21.5. The molecule has 4 unspecified atom stereocenters. The topological polar surface area (TPSA) is 0 Å². The van der Waals surface area contributed by atoms with Crippen LogP contribution in [0.15, 0.2) is 47.6 Å². The Labute approximate surface area is 157 Å². The number of fused-ring (bicyclic) bond motifs is 2. The molecule has 2 heteroatoms. The van der Waals surface area contributed by atoms with Gasteiger partial charge in [-0.05, 0) is 0 Å². The first-order chi connectivity index (χ1) is 12.1. The van der Waals surface area contributed by atoms with E-state index in [1.165, 1.54) is 46.8 Å². The van der Waals surface area contributed by atoms with Crippen molar-refractivity contribution in [3.8, 4) is 0 Å². The molecular formula is C24H40SiZr. The quantitative estimate of drug-likeness (QED) is 0.393. The van der Waals surface area contributed by atoms with Crippen LogP contribution in [0, 0.1) is 11.8 Å². The van der Waals surface area contributed by atoms with Gasteiger partial charge in [0.2, 0.25) is 0 Å². The molecule has 0 aromatic rings. The molecule has 0 radical (unpaired) electrons. The van der Waals surface area contributed by atoms with Crippen molar-refractivity contribution in [1.29, 1.82) is 0 Å². The van der Waals surface area contributed by atoms with Crippen molar-refractivity contribution in [3.63, 3.8) is 0 Å². The van der Waals surface area contributed by atoms with E-state index >= 15 is 0 Å². The van der Waals surface area contributed by atoms with Crippen molar-refractivity contribution < 1.29 is 14.4 Å². The van der Waals surface area contributed by atoms with Crippen molar-refractivity contribution in [2.45, 2.75) is 77.1 Å². The van der Waals surface area contributed by atoms with Crippen molar-refractivity contribution in [2.24, 2.45) is 11.8 Å². The van der Waals surface area contributed by atoms with E-state index < -0.39 is 14.4 Å². The second kappa shape index (κ2) is 5.15. The molecule has 0 N–H and O–H groups in total. The molecule has 4 aliphatic carbocycles. The third-order valence-electron chi connectivity index (χ3n) is 11.6. The van der Waals surface area contributed by atoms with Gasteiger partial charge >= 0.3 is 158 Å². The van der Waals surface area contributed by atoms with Gasteiger partial charge in [0, 0.05) is 0 Å². The molecular weight excluding hydrogens is 408 g/mol. The average molecular weight is 448 g/mol. The molecule has 0 amide bonds. The zero-order chi connectivity index (χ0) is 18.7. The normalized spacial score (nSPS) is 37.6. The van der Waals surface area contributed by atoms with Crippen LogP contribution >= 0.6 is 0 Å². The van der Waals surface area contributed by atoms with Gasteiger partial charge < -0.3 is 0 Å². The standard InChI is InChI=1S/2C9H11.2C2H5.2CH3.H2Si.Zr/c2*1-2-5-9-7-3-6-8(9)4-1;2*1-2;;;;/h2*1-2,4,6,9H,3,5,7H2;2*1H2,2H3;2*1H3;1H2;. The van der Waals surface area contributed by atoms with Crippen LogP contribution in [0.1, 0.15) is 52.4 Å². The summed E-state index contributed by atoms with van der Waals surface area (Å²) in [6.07, 6.45) is 23.1. The van der Waals surface area contributed by atoms with Crippen LogP contribution in [0.3, 0.4) is 0 Å². The fourth-order valence-corrected chi connectivity index (χ4v) is 37.5. The van der Waals surface area contributed by atoms with Gasteiger partial charge in [-0.15, -0.1) is 0 Å². The van der Waals surface area contributed by atoms with Crippen molar-refractivity contribution >= 4 is 6.88 Å². The summed E-state index contributed by atoms with van der Waals surface area (Å²) in [5.41, 5.74) is 3.74. The molecule has 0 aromatic carbocycles. The molecule has 4 aliphatic rings. The van der Waals surface area contributed by atoms with Crippen LogP contribution in [0.4, 0.5) is 0 Å². The minimum atomic E-state index is -4.09. The first kappa shape index (κ1) is 19.4. The Morgan fingerprint density at radius 2 is 1.23 bits per heavy atom. The van der Waals surface area contributed by atoms with Gasteiger partial charge in [0.25, 0.3) is 0 Å². The molecule has 0 saturated heterocycles. The van der Waals surface area contributed by atoms with Crippen molar-refractivity contribution in [3.05, 3.63) is 47.6 Å². The Hall–Kier alpha value is 0.0600. The summed E-state index contributed by atoms with van der Waals surface area (Å²) in [5.74, 6) is 1.70. The Bertz CT molecular complexity index is 817. The van der Waals surface area contributed by atoms with Gasteiger partial charge in [-0.3, -0.25) is 0 Å². The number of hydrogen-bond donors (Lipinski definition) is 0. The average Bonchev–Trinajstić information content (AvgIpc) is 3.28. The molecule has 4 atom stereocenters. The zero-order valence-electron chi connectivity index (χ0n) is 17.6. The third kappa shape index (κ3) is 2.21. The summed E-state index contributed by atoms with van der Waals surface area (Å²) in [6.45, 7) is 7.82. The molecule has 0 aromatic heterocycles. The van der Waals surface area contributed by atoms with E-state index in [-0.39, 0.29) is 0 Å². The maximum atomic E-state index is 2.94. The molecule has 0 nitrogen and oxygen atoms in total. The van der Waals surface area contributed by atoms with E-state index in [0.717, 1.165) is 19.1 Å². The van der Waals surface area contributed by atoms with Crippen molar-refractivity contribution in [2.75, 3.05) is 0 Å². The first-order valence-corrected chi connectivity index (χ1v) is 28.5. The summed E-state index contributed by atoms with van der Waals surface area (Å²) in [4.78, 5) is 0. The molecule has 2 fully saturated rings. The van der Waals surface area contributed by atoms with Crippen LogP contribution in [0.2, 0.25) is 24.8 Å². The summed E-state index contributed by atoms with van der Waals surface area (Å²) in [6, 6.07) is 0. The SMILES string of the molecule is C[CH2][Zr]([CH3])([CH3])(=[SiH2])([CH2]C)([CH]1CCC2CC=CC=C21)[CH]1CCC2CC=CC=C21. The molecule has 26 heavy (non-hydrogen) atoms. The summed E-state index contributed by atoms with van der Waals surface area (Å²) >= 11 is -4.09.